The Morgan fingerprint density at radius 1 is 1.39 bits per heavy atom. The number of rotatable bonds is 6. The van der Waals surface area contributed by atoms with Crippen LogP contribution in [0, 0.1) is 16.0 Å². The van der Waals surface area contributed by atoms with Gasteiger partial charge in [-0.05, 0) is 31.4 Å². The van der Waals surface area contributed by atoms with Gasteiger partial charge in [0, 0.05) is 12.1 Å². The second kappa shape index (κ2) is 7.24. The van der Waals surface area contributed by atoms with Crippen molar-refractivity contribution in [3.8, 4) is 5.75 Å². The molecule has 0 amide bonds. The Kier molecular flexibility index (Phi) is 5.55. The van der Waals surface area contributed by atoms with E-state index in [0.29, 0.717) is 6.54 Å². The van der Waals surface area contributed by atoms with E-state index in [0.717, 1.165) is 37.8 Å². The van der Waals surface area contributed by atoms with Gasteiger partial charge in [0.15, 0.2) is 0 Å². The zero-order chi connectivity index (χ0) is 17.0. The molecule has 1 aromatic rings. The van der Waals surface area contributed by atoms with Crippen LogP contribution in [0.15, 0.2) is 23.1 Å². The lowest BCUT2D eigenvalue weighted by molar-refractivity contribution is -0.385. The van der Waals surface area contributed by atoms with Crippen molar-refractivity contribution in [3.05, 3.63) is 28.3 Å². The molecule has 9 heteroatoms. The lowest BCUT2D eigenvalue weighted by atomic mass is 9.85. The summed E-state index contributed by atoms with van der Waals surface area (Å²) in [6, 6.07) is 3.23. The average molecular weight is 343 g/mol. The summed E-state index contributed by atoms with van der Waals surface area (Å²) in [5, 5.41) is 10.8. The van der Waals surface area contributed by atoms with Gasteiger partial charge in [-0.25, -0.2) is 13.1 Å². The Balaban J connectivity index is 2.30. The third kappa shape index (κ3) is 3.98. The SMILES string of the molecule is COc1cc([N+](=O)[O-])ccc1S(=O)(=O)NC1CCCCC1CN. The quantitative estimate of drug-likeness (QED) is 0.594. The van der Waals surface area contributed by atoms with E-state index in [1.165, 1.54) is 13.2 Å². The normalized spacial score (nSPS) is 21.8. The van der Waals surface area contributed by atoms with Crippen LogP contribution in [0.3, 0.4) is 0 Å². The molecule has 8 nitrogen and oxygen atoms in total. The largest absolute Gasteiger partial charge is 0.495 e. The number of nitrogens with one attached hydrogen (secondary N) is 1. The molecule has 0 spiro atoms. The van der Waals surface area contributed by atoms with E-state index >= 15 is 0 Å². The summed E-state index contributed by atoms with van der Waals surface area (Å²) in [4.78, 5) is 10.1. The van der Waals surface area contributed by atoms with Crippen LogP contribution in [0.1, 0.15) is 25.7 Å². The predicted molar refractivity (Wildman–Crippen MR) is 84.8 cm³/mol. The molecule has 0 heterocycles. The van der Waals surface area contributed by atoms with Crippen molar-refractivity contribution in [2.24, 2.45) is 11.7 Å². The highest BCUT2D eigenvalue weighted by atomic mass is 32.2. The first-order valence-electron chi connectivity index (χ1n) is 7.44. The minimum absolute atomic E-state index is 0.0493. The Bertz CT molecular complexity index is 677. The summed E-state index contributed by atoms with van der Waals surface area (Å²) >= 11 is 0. The van der Waals surface area contributed by atoms with Crippen LogP contribution in [0.25, 0.3) is 0 Å². The number of methoxy groups -OCH3 is 1. The van der Waals surface area contributed by atoms with Gasteiger partial charge in [-0.3, -0.25) is 10.1 Å². The number of ether oxygens (including phenoxy) is 1. The van der Waals surface area contributed by atoms with Crippen LogP contribution in [0.5, 0.6) is 5.75 Å². The van der Waals surface area contributed by atoms with Gasteiger partial charge in [0.2, 0.25) is 10.0 Å². The minimum Gasteiger partial charge on any atom is -0.495 e. The van der Waals surface area contributed by atoms with Gasteiger partial charge in [-0.2, -0.15) is 0 Å². The Hall–Kier alpha value is -1.71. The van der Waals surface area contributed by atoms with Crippen LogP contribution in [-0.4, -0.2) is 33.0 Å². The van der Waals surface area contributed by atoms with Crippen LogP contribution in [-0.2, 0) is 10.0 Å². The second-order valence-corrected chi connectivity index (χ2v) is 7.28. The fourth-order valence-corrected chi connectivity index (χ4v) is 4.39. The zero-order valence-corrected chi connectivity index (χ0v) is 13.7. The number of hydrogen-bond acceptors (Lipinski definition) is 6. The first kappa shape index (κ1) is 17.6. The lowest BCUT2D eigenvalue weighted by Crippen LogP contribution is -2.44. The van der Waals surface area contributed by atoms with Crippen molar-refractivity contribution >= 4 is 15.7 Å². The van der Waals surface area contributed by atoms with Crippen molar-refractivity contribution in [1.82, 2.24) is 4.72 Å². The number of nitrogens with zero attached hydrogens (tertiary/aromatic N) is 1. The molecule has 2 rings (SSSR count). The maximum absolute atomic E-state index is 12.6. The molecular weight excluding hydrogens is 322 g/mol. The molecule has 0 bridgehead atoms. The van der Waals surface area contributed by atoms with Crippen LogP contribution in [0.4, 0.5) is 5.69 Å². The van der Waals surface area contributed by atoms with Gasteiger partial charge in [0.1, 0.15) is 10.6 Å². The van der Waals surface area contributed by atoms with Gasteiger partial charge < -0.3 is 10.5 Å². The van der Waals surface area contributed by atoms with E-state index in [-0.39, 0.29) is 28.3 Å². The number of sulfonamides is 1. The fraction of sp³-hybridized carbons (Fsp3) is 0.571. The summed E-state index contributed by atoms with van der Waals surface area (Å²) in [7, 11) is -2.56. The maximum Gasteiger partial charge on any atom is 0.273 e. The number of nitro groups is 1. The Morgan fingerprint density at radius 2 is 2.09 bits per heavy atom. The first-order valence-corrected chi connectivity index (χ1v) is 8.92. The Labute approximate surface area is 135 Å². The Morgan fingerprint density at radius 3 is 2.70 bits per heavy atom. The molecule has 0 saturated heterocycles. The number of nitro benzene ring substituents is 1. The number of benzene rings is 1. The lowest BCUT2D eigenvalue weighted by Gasteiger charge is -2.31. The van der Waals surface area contributed by atoms with Gasteiger partial charge in [0.25, 0.3) is 5.69 Å². The van der Waals surface area contributed by atoms with E-state index in [4.69, 9.17) is 10.5 Å². The average Bonchev–Trinajstić information content (AvgIpc) is 2.54. The molecule has 23 heavy (non-hydrogen) atoms. The summed E-state index contributed by atoms with van der Waals surface area (Å²) in [5.74, 6) is 0.0503. The number of non-ortho nitro benzene ring substituents is 1. The highest BCUT2D eigenvalue weighted by Gasteiger charge is 2.30. The molecule has 1 saturated carbocycles. The fourth-order valence-electron chi connectivity index (χ4n) is 2.90. The van der Waals surface area contributed by atoms with Crippen molar-refractivity contribution in [2.75, 3.05) is 13.7 Å². The standard InChI is InChI=1S/C14H21N3O5S/c1-22-13-8-11(17(18)19)6-7-14(13)23(20,21)16-12-5-3-2-4-10(12)9-15/h6-8,10,12,16H,2-5,9,15H2,1H3. The van der Waals surface area contributed by atoms with E-state index in [1.54, 1.807) is 0 Å². The van der Waals surface area contributed by atoms with Gasteiger partial charge in [-0.1, -0.05) is 12.8 Å². The molecule has 1 fully saturated rings. The van der Waals surface area contributed by atoms with E-state index < -0.39 is 14.9 Å². The van der Waals surface area contributed by atoms with E-state index in [1.807, 2.05) is 0 Å². The van der Waals surface area contributed by atoms with Gasteiger partial charge in [-0.15, -0.1) is 0 Å². The predicted octanol–water partition coefficient (Wildman–Crippen LogP) is 1.40. The van der Waals surface area contributed by atoms with Crippen molar-refractivity contribution in [3.63, 3.8) is 0 Å². The van der Waals surface area contributed by atoms with Crippen LogP contribution >= 0.6 is 0 Å². The monoisotopic (exact) mass is 343 g/mol. The van der Waals surface area contributed by atoms with Gasteiger partial charge >= 0.3 is 0 Å². The summed E-state index contributed by atoms with van der Waals surface area (Å²) in [5.41, 5.74) is 5.50. The van der Waals surface area contributed by atoms with Crippen molar-refractivity contribution < 1.29 is 18.1 Å². The maximum atomic E-state index is 12.6. The molecule has 2 atom stereocenters. The second-order valence-electron chi connectivity index (χ2n) is 5.60. The third-order valence-corrected chi connectivity index (χ3v) is 5.70. The molecule has 0 aliphatic heterocycles. The molecule has 0 radical (unpaired) electrons. The molecule has 2 unspecified atom stereocenters. The third-order valence-electron chi connectivity index (χ3n) is 4.17. The summed E-state index contributed by atoms with van der Waals surface area (Å²) in [6.07, 6.45) is 3.61. The summed E-state index contributed by atoms with van der Waals surface area (Å²) < 4.78 is 32.9. The van der Waals surface area contributed by atoms with Crippen LogP contribution < -0.4 is 15.2 Å². The van der Waals surface area contributed by atoms with E-state index in [9.17, 15) is 18.5 Å². The summed E-state index contributed by atoms with van der Waals surface area (Å²) in [6.45, 7) is 0.421. The highest BCUT2D eigenvalue weighted by Crippen LogP contribution is 2.30. The minimum atomic E-state index is -3.84. The molecule has 1 aromatic carbocycles. The zero-order valence-electron chi connectivity index (χ0n) is 12.9. The molecular formula is C14H21N3O5S. The molecule has 3 N–H and O–H groups in total. The molecule has 1 aliphatic rings. The van der Waals surface area contributed by atoms with Crippen molar-refractivity contribution in [1.29, 1.82) is 0 Å². The molecule has 0 aromatic heterocycles. The van der Waals surface area contributed by atoms with E-state index in [2.05, 4.69) is 4.72 Å². The van der Waals surface area contributed by atoms with Gasteiger partial charge in [0.05, 0.1) is 18.1 Å². The van der Waals surface area contributed by atoms with Crippen molar-refractivity contribution in [2.45, 2.75) is 36.6 Å². The first-order chi connectivity index (χ1) is 10.9. The van der Waals surface area contributed by atoms with Crippen LogP contribution in [0.2, 0.25) is 0 Å². The molecule has 128 valence electrons. The number of nitrogens with two attached hydrogens (primary N) is 1. The number of hydrogen-bond donors (Lipinski definition) is 2. The smallest absolute Gasteiger partial charge is 0.273 e. The molecule has 1 aliphatic carbocycles. The topological polar surface area (TPSA) is 125 Å². The highest BCUT2D eigenvalue weighted by molar-refractivity contribution is 7.89.